The lowest BCUT2D eigenvalue weighted by Crippen LogP contribution is -2.41. The van der Waals surface area contributed by atoms with Crippen LogP contribution in [0.25, 0.3) is 0 Å². The minimum atomic E-state index is -0.767. The average Bonchev–Trinajstić information content (AvgIpc) is 3.23. The molecule has 1 aliphatic heterocycles. The first kappa shape index (κ1) is 26.4. The number of amides is 2. The lowest BCUT2D eigenvalue weighted by molar-refractivity contribution is -0.125. The molecule has 1 atom stereocenters. The van der Waals surface area contributed by atoms with Crippen LogP contribution in [-0.2, 0) is 19.1 Å². The maximum Gasteiger partial charge on any atom is 0.255 e. The van der Waals surface area contributed by atoms with E-state index in [-0.39, 0.29) is 23.2 Å². The summed E-state index contributed by atoms with van der Waals surface area (Å²) in [5.41, 5.74) is 5.34. The van der Waals surface area contributed by atoms with Crippen LogP contribution < -0.4 is 16.4 Å². The highest BCUT2D eigenvalue weighted by atomic mass is 16.5. The van der Waals surface area contributed by atoms with Crippen LogP contribution in [0.5, 0.6) is 0 Å². The molecule has 32 heavy (non-hydrogen) atoms. The highest BCUT2D eigenvalue weighted by molar-refractivity contribution is 6.27. The summed E-state index contributed by atoms with van der Waals surface area (Å²) < 4.78 is 10.3. The van der Waals surface area contributed by atoms with E-state index >= 15 is 0 Å². The Morgan fingerprint density at radius 2 is 2.06 bits per heavy atom. The van der Waals surface area contributed by atoms with E-state index in [0.29, 0.717) is 49.8 Å². The minimum Gasteiger partial charge on any atom is -0.501 e. The summed E-state index contributed by atoms with van der Waals surface area (Å²) in [7, 11) is 3.10. The number of carbonyl (C=O) groups excluding carboxylic acids is 2. The first-order valence-corrected chi connectivity index (χ1v) is 10.3. The second-order valence-corrected chi connectivity index (χ2v) is 6.91. The predicted octanol–water partition coefficient (Wildman–Crippen LogP) is 1.16. The number of hydrogen-bond acceptors (Lipinski definition) is 7. The molecule has 1 heterocycles. The van der Waals surface area contributed by atoms with Gasteiger partial charge in [-0.2, -0.15) is 0 Å². The lowest BCUT2D eigenvalue weighted by atomic mass is 10.1. The van der Waals surface area contributed by atoms with E-state index in [1.807, 2.05) is 6.92 Å². The molecular weight excluding hydrogens is 410 g/mol. The Balaban J connectivity index is 3.02. The van der Waals surface area contributed by atoms with E-state index in [2.05, 4.69) is 29.1 Å². The van der Waals surface area contributed by atoms with Crippen LogP contribution in [0.3, 0.4) is 0 Å². The van der Waals surface area contributed by atoms with E-state index in [0.717, 1.165) is 0 Å². The number of ether oxygens (including phenoxy) is 2. The summed E-state index contributed by atoms with van der Waals surface area (Å²) in [5, 5.41) is 14.6. The number of nitrogens with two attached hydrogens (primary N) is 1. The van der Waals surface area contributed by atoms with Crippen LogP contribution in [-0.4, -0.2) is 62.3 Å². The normalized spacial score (nSPS) is 16.9. The number of nitrogens with one attached hydrogen (secondary N) is 3. The molecule has 0 aromatic rings. The quantitative estimate of drug-likeness (QED) is 0.125. The molecule has 0 bridgehead atoms. The molecular formula is C23H33N5O4. The molecule has 0 spiro atoms. The summed E-state index contributed by atoms with van der Waals surface area (Å²) in [6.45, 7) is 8.72. The smallest absolute Gasteiger partial charge is 0.255 e. The van der Waals surface area contributed by atoms with Crippen LogP contribution in [0.2, 0.25) is 0 Å². The van der Waals surface area contributed by atoms with Gasteiger partial charge in [0.25, 0.3) is 5.91 Å². The van der Waals surface area contributed by atoms with Gasteiger partial charge in [0.15, 0.2) is 0 Å². The maximum absolute atomic E-state index is 12.1. The van der Waals surface area contributed by atoms with E-state index in [1.165, 1.54) is 13.2 Å². The van der Waals surface area contributed by atoms with Gasteiger partial charge in [-0.15, -0.1) is 0 Å². The molecule has 0 radical (unpaired) electrons. The predicted molar refractivity (Wildman–Crippen MR) is 124 cm³/mol. The van der Waals surface area contributed by atoms with Crippen molar-refractivity contribution in [2.45, 2.75) is 32.7 Å². The second-order valence-electron chi connectivity index (χ2n) is 6.91. The number of rotatable bonds is 11. The summed E-state index contributed by atoms with van der Waals surface area (Å²) in [5.74, 6) is 6.19. The molecule has 9 nitrogen and oxygen atoms in total. The Morgan fingerprint density at radius 3 is 2.62 bits per heavy atom. The summed E-state index contributed by atoms with van der Waals surface area (Å²) in [6.07, 6.45) is 5.73. The molecule has 0 saturated carbocycles. The number of hydrogen-bond donors (Lipinski definition) is 4. The molecule has 5 N–H and O–H groups in total. The Hall–Kier alpha value is -3.67. The molecule has 1 rings (SSSR count). The SMILES string of the molecule is C=CC(=O)N1CC[C@H](N/C(NCC)=C(\C(=N)C#CC/C=C(\C=C(/C)OC)OC)C(N)=O)C1. The van der Waals surface area contributed by atoms with E-state index in [4.69, 9.17) is 20.6 Å². The fourth-order valence-electron chi connectivity index (χ4n) is 2.99. The highest BCUT2D eigenvalue weighted by Gasteiger charge is 2.27. The van der Waals surface area contributed by atoms with E-state index in [1.54, 1.807) is 31.1 Å². The molecule has 9 heteroatoms. The Morgan fingerprint density at radius 1 is 1.34 bits per heavy atom. The van der Waals surface area contributed by atoms with Crippen molar-refractivity contribution in [3.8, 4) is 11.8 Å². The Labute approximate surface area is 189 Å². The molecule has 0 aromatic heterocycles. The molecule has 0 unspecified atom stereocenters. The Kier molecular flexibility index (Phi) is 11.2. The summed E-state index contributed by atoms with van der Waals surface area (Å²) in [6, 6.07) is -0.0916. The van der Waals surface area contributed by atoms with Crippen molar-refractivity contribution in [2.24, 2.45) is 5.73 Å². The lowest BCUT2D eigenvalue weighted by Gasteiger charge is -2.21. The zero-order valence-corrected chi connectivity index (χ0v) is 19.2. The monoisotopic (exact) mass is 443 g/mol. The third-order valence-corrected chi connectivity index (χ3v) is 4.64. The first-order chi connectivity index (χ1) is 15.3. The third kappa shape index (κ3) is 8.22. The van der Waals surface area contributed by atoms with Crippen LogP contribution in [0, 0.1) is 17.3 Å². The fraction of sp³-hybridized carbons (Fsp3) is 0.435. The average molecular weight is 444 g/mol. The van der Waals surface area contributed by atoms with Gasteiger partial charge in [0, 0.05) is 38.2 Å². The third-order valence-electron chi connectivity index (χ3n) is 4.64. The van der Waals surface area contributed by atoms with Crippen LogP contribution in [0.4, 0.5) is 0 Å². The van der Waals surface area contributed by atoms with Crippen LogP contribution in [0.1, 0.15) is 26.7 Å². The molecule has 0 aliphatic carbocycles. The standard InChI is InChI=1S/C23H33N5O4/c1-6-20(29)28-13-12-17(15-28)27-23(26-7-2)21(22(25)30)19(24)11-9-8-10-18(32-5)14-16(3)31-4/h6,10,14,17,24,26-27H,1,7-8,12-13,15H2,2-5H3,(H2,25,30)/b16-14+,18-10+,23-21+,24-19?/t17-/m0/s1. The van der Waals surface area contributed by atoms with Crippen molar-refractivity contribution < 1.29 is 19.1 Å². The first-order valence-electron chi connectivity index (χ1n) is 10.3. The van der Waals surface area contributed by atoms with Crippen molar-refractivity contribution in [3.63, 3.8) is 0 Å². The van der Waals surface area contributed by atoms with Crippen LogP contribution >= 0.6 is 0 Å². The van der Waals surface area contributed by atoms with Crippen molar-refractivity contribution in [1.29, 1.82) is 5.41 Å². The van der Waals surface area contributed by atoms with Gasteiger partial charge in [-0.3, -0.25) is 15.0 Å². The molecule has 174 valence electrons. The molecule has 0 aromatic carbocycles. The van der Waals surface area contributed by atoms with E-state index in [9.17, 15) is 9.59 Å². The highest BCUT2D eigenvalue weighted by Crippen LogP contribution is 2.12. The van der Waals surface area contributed by atoms with Gasteiger partial charge in [0.1, 0.15) is 22.9 Å². The summed E-state index contributed by atoms with van der Waals surface area (Å²) >= 11 is 0. The van der Waals surface area contributed by atoms with Gasteiger partial charge in [-0.1, -0.05) is 12.5 Å². The van der Waals surface area contributed by atoms with Gasteiger partial charge in [-0.05, 0) is 38.3 Å². The number of likely N-dealkylation sites (tertiary alicyclic amines) is 1. The largest absolute Gasteiger partial charge is 0.501 e. The molecule has 1 saturated heterocycles. The van der Waals surface area contributed by atoms with Crippen molar-refractivity contribution in [2.75, 3.05) is 33.9 Å². The summed E-state index contributed by atoms with van der Waals surface area (Å²) in [4.78, 5) is 25.6. The van der Waals surface area contributed by atoms with Gasteiger partial charge >= 0.3 is 0 Å². The van der Waals surface area contributed by atoms with Gasteiger partial charge in [0.2, 0.25) is 5.91 Å². The number of nitrogens with zero attached hydrogens (tertiary/aromatic N) is 1. The van der Waals surface area contributed by atoms with E-state index < -0.39 is 5.91 Å². The van der Waals surface area contributed by atoms with Gasteiger partial charge in [0.05, 0.1) is 20.0 Å². The topological polar surface area (TPSA) is 130 Å². The second kappa shape index (κ2) is 13.6. The molecule has 2 amide bonds. The van der Waals surface area contributed by atoms with Crippen molar-refractivity contribution in [1.82, 2.24) is 15.5 Å². The maximum atomic E-state index is 12.1. The minimum absolute atomic E-state index is 0.0288. The number of methoxy groups -OCH3 is 2. The van der Waals surface area contributed by atoms with Gasteiger partial charge < -0.3 is 30.7 Å². The fourth-order valence-corrected chi connectivity index (χ4v) is 2.99. The number of carbonyl (C=O) groups is 2. The van der Waals surface area contributed by atoms with Crippen molar-refractivity contribution in [3.05, 3.63) is 47.7 Å². The Bertz CT molecular complexity index is 877. The zero-order chi connectivity index (χ0) is 24.1. The van der Waals surface area contributed by atoms with Crippen LogP contribution in [0.15, 0.2) is 47.7 Å². The molecule has 1 fully saturated rings. The number of primary amides is 1. The van der Waals surface area contributed by atoms with Crippen molar-refractivity contribution >= 4 is 17.5 Å². The zero-order valence-electron chi connectivity index (χ0n) is 19.2. The number of allylic oxidation sites excluding steroid dienone is 3. The molecule has 1 aliphatic rings. The van der Waals surface area contributed by atoms with Gasteiger partial charge in [-0.25, -0.2) is 0 Å².